The van der Waals surface area contributed by atoms with Crippen molar-refractivity contribution in [2.75, 3.05) is 11.5 Å². The van der Waals surface area contributed by atoms with Gasteiger partial charge in [-0.1, -0.05) is 0 Å². The topological polar surface area (TPSA) is 61.3 Å². The van der Waals surface area contributed by atoms with E-state index in [4.69, 9.17) is 16.2 Å². The van der Waals surface area contributed by atoms with E-state index in [2.05, 4.69) is 0 Å². The third-order valence-electron chi connectivity index (χ3n) is 3.68. The van der Waals surface area contributed by atoms with Crippen LogP contribution in [0.3, 0.4) is 0 Å². The van der Waals surface area contributed by atoms with E-state index < -0.39 is 17.5 Å². The number of hydrogen-bond donors (Lipinski definition) is 2. The summed E-state index contributed by atoms with van der Waals surface area (Å²) in [6.45, 7) is 1.28. The van der Waals surface area contributed by atoms with E-state index >= 15 is 0 Å². The first-order chi connectivity index (χ1) is 10.4. The fourth-order valence-corrected chi connectivity index (χ4v) is 2.37. The predicted octanol–water partition coefficient (Wildman–Crippen LogP) is 3.55. The van der Waals surface area contributed by atoms with Crippen LogP contribution in [0.1, 0.15) is 16.7 Å². The van der Waals surface area contributed by atoms with Gasteiger partial charge in [-0.25, -0.2) is 13.2 Å². The summed E-state index contributed by atoms with van der Waals surface area (Å²) in [5, 5.41) is 0. The summed E-state index contributed by atoms with van der Waals surface area (Å²) in [4.78, 5) is 0. The van der Waals surface area contributed by atoms with Gasteiger partial charge in [0.15, 0.2) is 17.4 Å². The zero-order chi connectivity index (χ0) is 16.0. The summed E-state index contributed by atoms with van der Waals surface area (Å²) >= 11 is 0. The average molecular weight is 306 g/mol. The summed E-state index contributed by atoms with van der Waals surface area (Å²) in [7, 11) is 0. The molecule has 0 aromatic heterocycles. The molecule has 0 amide bonds. The number of benzene rings is 2. The molecule has 0 radical (unpaired) electrons. The van der Waals surface area contributed by atoms with Gasteiger partial charge in [-0.2, -0.15) is 0 Å². The van der Waals surface area contributed by atoms with Crippen molar-refractivity contribution in [3.8, 4) is 5.75 Å². The second kappa shape index (κ2) is 4.98. The smallest absolute Gasteiger partial charge is 0.171 e. The fourth-order valence-electron chi connectivity index (χ4n) is 2.37. The van der Waals surface area contributed by atoms with Gasteiger partial charge in [-0.3, -0.25) is 0 Å². The first-order valence-corrected chi connectivity index (χ1v) is 6.59. The van der Waals surface area contributed by atoms with E-state index in [0.29, 0.717) is 5.56 Å². The Morgan fingerprint density at radius 3 is 2.50 bits per heavy atom. The lowest BCUT2D eigenvalue weighted by atomic mass is 10.00. The van der Waals surface area contributed by atoms with Crippen LogP contribution in [0.5, 0.6) is 5.75 Å². The maximum Gasteiger partial charge on any atom is 0.171 e. The largest absolute Gasteiger partial charge is 0.454 e. The van der Waals surface area contributed by atoms with Gasteiger partial charge in [0.05, 0.1) is 11.4 Å². The highest BCUT2D eigenvalue weighted by Gasteiger charge is 2.25. The van der Waals surface area contributed by atoms with Crippen LogP contribution >= 0.6 is 0 Å². The normalized spacial score (nSPS) is 13.4. The first-order valence-electron chi connectivity index (χ1n) is 6.59. The standard InChI is InChI=1S/C16H13F3N2O/c1-7-13(18)15(21)9-3-5-12(22-16(9)14(7)19)8-2-4-11(20)10(17)6-8/h2,4-6H,3,20-21H2,1H3. The van der Waals surface area contributed by atoms with Crippen LogP contribution in [0, 0.1) is 24.4 Å². The number of nitrogens with two attached hydrogens (primary N) is 2. The molecule has 6 heteroatoms. The van der Waals surface area contributed by atoms with Gasteiger partial charge >= 0.3 is 0 Å². The summed E-state index contributed by atoms with van der Waals surface area (Å²) in [6, 6.07) is 4.15. The zero-order valence-corrected chi connectivity index (χ0v) is 11.7. The molecule has 3 rings (SSSR count). The molecular weight excluding hydrogens is 293 g/mol. The number of hydrogen-bond acceptors (Lipinski definition) is 3. The summed E-state index contributed by atoms with van der Waals surface area (Å²) in [5.74, 6) is -2.02. The van der Waals surface area contributed by atoms with Crippen LogP contribution in [-0.4, -0.2) is 0 Å². The number of nitrogen functional groups attached to an aromatic ring is 2. The molecule has 0 bridgehead atoms. The van der Waals surface area contributed by atoms with Crippen molar-refractivity contribution < 1.29 is 17.9 Å². The maximum absolute atomic E-state index is 14.2. The zero-order valence-electron chi connectivity index (χ0n) is 11.7. The van der Waals surface area contributed by atoms with Crippen molar-refractivity contribution >= 4 is 17.1 Å². The van der Waals surface area contributed by atoms with E-state index in [1.54, 1.807) is 12.1 Å². The Morgan fingerprint density at radius 2 is 1.82 bits per heavy atom. The quantitative estimate of drug-likeness (QED) is 0.792. The van der Waals surface area contributed by atoms with Crippen molar-refractivity contribution in [2.45, 2.75) is 13.3 Å². The van der Waals surface area contributed by atoms with Crippen molar-refractivity contribution in [3.63, 3.8) is 0 Å². The second-order valence-electron chi connectivity index (χ2n) is 5.09. The Bertz CT molecular complexity index is 816. The summed E-state index contributed by atoms with van der Waals surface area (Å²) in [6.07, 6.45) is 1.79. The Kier molecular flexibility index (Phi) is 3.24. The molecule has 22 heavy (non-hydrogen) atoms. The molecule has 0 unspecified atom stereocenters. The molecule has 1 heterocycles. The number of fused-ring (bicyclic) bond motifs is 1. The molecule has 1 aliphatic rings. The fraction of sp³-hybridized carbons (Fsp3) is 0.125. The van der Waals surface area contributed by atoms with E-state index in [1.807, 2.05) is 0 Å². The lowest BCUT2D eigenvalue weighted by Crippen LogP contribution is -2.12. The Balaban J connectivity index is 2.07. The maximum atomic E-state index is 14.2. The minimum absolute atomic E-state index is 0.00824. The van der Waals surface area contributed by atoms with Crippen molar-refractivity contribution in [1.82, 2.24) is 0 Å². The van der Waals surface area contributed by atoms with E-state index in [1.165, 1.54) is 19.1 Å². The monoisotopic (exact) mass is 306 g/mol. The Morgan fingerprint density at radius 1 is 1.09 bits per heavy atom. The van der Waals surface area contributed by atoms with Crippen molar-refractivity contribution in [1.29, 1.82) is 0 Å². The van der Waals surface area contributed by atoms with Gasteiger partial charge in [0.2, 0.25) is 0 Å². The van der Waals surface area contributed by atoms with Gasteiger partial charge in [-0.05, 0) is 31.2 Å². The molecule has 2 aromatic rings. The molecule has 0 spiro atoms. The molecule has 114 valence electrons. The van der Waals surface area contributed by atoms with Crippen LogP contribution < -0.4 is 16.2 Å². The van der Waals surface area contributed by atoms with E-state index in [9.17, 15) is 13.2 Å². The molecule has 4 N–H and O–H groups in total. The highest BCUT2D eigenvalue weighted by atomic mass is 19.1. The summed E-state index contributed by atoms with van der Waals surface area (Å²) in [5.41, 5.74) is 11.4. The van der Waals surface area contributed by atoms with Crippen molar-refractivity contribution in [3.05, 3.63) is 58.4 Å². The van der Waals surface area contributed by atoms with Crippen LogP contribution in [-0.2, 0) is 6.42 Å². The second-order valence-corrected chi connectivity index (χ2v) is 5.09. The van der Waals surface area contributed by atoms with Gasteiger partial charge in [0.25, 0.3) is 0 Å². The first kappa shape index (κ1) is 14.3. The molecule has 2 aromatic carbocycles. The molecule has 0 aliphatic carbocycles. The number of anilines is 2. The molecule has 1 aliphatic heterocycles. The number of halogens is 3. The molecule has 0 atom stereocenters. The number of allylic oxidation sites excluding steroid dienone is 1. The van der Waals surface area contributed by atoms with Gasteiger partial charge in [-0.15, -0.1) is 0 Å². The van der Waals surface area contributed by atoms with E-state index in [-0.39, 0.29) is 40.4 Å². The predicted molar refractivity (Wildman–Crippen MR) is 78.6 cm³/mol. The molecular formula is C16H13F3N2O. The SMILES string of the molecule is Cc1c(F)c(N)c2c(c1F)OC(c1ccc(N)c(F)c1)=CC2. The van der Waals surface area contributed by atoms with Crippen LogP contribution in [0.25, 0.3) is 5.76 Å². The minimum Gasteiger partial charge on any atom is -0.454 e. The average Bonchev–Trinajstić information content (AvgIpc) is 2.53. The number of ether oxygens (including phenoxy) is 1. The molecule has 0 saturated heterocycles. The van der Waals surface area contributed by atoms with Gasteiger partial charge in [0.1, 0.15) is 11.6 Å². The highest BCUT2D eigenvalue weighted by Crippen LogP contribution is 2.39. The van der Waals surface area contributed by atoms with Gasteiger partial charge < -0.3 is 16.2 Å². The van der Waals surface area contributed by atoms with Crippen LogP contribution in [0.15, 0.2) is 24.3 Å². The molecule has 0 saturated carbocycles. The number of rotatable bonds is 1. The molecule has 3 nitrogen and oxygen atoms in total. The lowest BCUT2D eigenvalue weighted by molar-refractivity contribution is 0.443. The summed E-state index contributed by atoms with van der Waals surface area (Å²) < 4.78 is 47.0. The van der Waals surface area contributed by atoms with Crippen LogP contribution in [0.4, 0.5) is 24.5 Å². The van der Waals surface area contributed by atoms with E-state index in [0.717, 1.165) is 0 Å². The molecule has 0 fully saturated rings. The Labute approximate surface area is 125 Å². The Hall–Kier alpha value is -2.63. The van der Waals surface area contributed by atoms with Crippen LogP contribution in [0.2, 0.25) is 0 Å². The minimum atomic E-state index is -0.803. The highest BCUT2D eigenvalue weighted by molar-refractivity contribution is 5.70. The van der Waals surface area contributed by atoms with Gasteiger partial charge in [0, 0.05) is 23.1 Å². The lowest BCUT2D eigenvalue weighted by Gasteiger charge is -2.22. The third-order valence-corrected chi connectivity index (χ3v) is 3.68. The van der Waals surface area contributed by atoms with Crippen molar-refractivity contribution in [2.24, 2.45) is 0 Å². The third kappa shape index (κ3) is 2.07.